The van der Waals surface area contributed by atoms with Crippen molar-refractivity contribution in [1.29, 1.82) is 0 Å². The summed E-state index contributed by atoms with van der Waals surface area (Å²) in [5, 5.41) is 0. The van der Waals surface area contributed by atoms with Crippen LogP contribution in [-0.4, -0.2) is 6.61 Å². The van der Waals surface area contributed by atoms with Crippen LogP contribution in [0.15, 0.2) is 30.3 Å². The van der Waals surface area contributed by atoms with E-state index in [-0.39, 0.29) is 5.60 Å². The zero-order valence-electron chi connectivity index (χ0n) is 11.8. The number of hydrogen-bond donors (Lipinski definition) is 0. The summed E-state index contributed by atoms with van der Waals surface area (Å²) in [5.41, 5.74) is 1.23. The van der Waals surface area contributed by atoms with E-state index in [0.717, 1.165) is 12.5 Å². The normalized spacial score (nSPS) is 20.6. The second-order valence-electron chi connectivity index (χ2n) is 5.74. The average molecular weight is 246 g/mol. The Bertz CT molecular complexity index is 340. The molecule has 1 aliphatic rings. The third kappa shape index (κ3) is 3.35. The van der Waals surface area contributed by atoms with Crippen LogP contribution in [0.5, 0.6) is 0 Å². The molecule has 0 bridgehead atoms. The lowest BCUT2D eigenvalue weighted by Crippen LogP contribution is -2.30. The maximum Gasteiger partial charge on any atom is 0.0905 e. The molecule has 2 rings (SSSR count). The molecule has 0 saturated heterocycles. The Morgan fingerprint density at radius 1 is 1.11 bits per heavy atom. The van der Waals surface area contributed by atoms with Gasteiger partial charge >= 0.3 is 0 Å². The Balaban J connectivity index is 2.10. The highest BCUT2D eigenvalue weighted by atomic mass is 16.5. The number of hydrogen-bond acceptors (Lipinski definition) is 1. The molecule has 0 radical (unpaired) electrons. The summed E-state index contributed by atoms with van der Waals surface area (Å²) in [4.78, 5) is 0. The molecule has 1 nitrogen and oxygen atoms in total. The minimum absolute atomic E-state index is 0.0992. The van der Waals surface area contributed by atoms with Crippen molar-refractivity contribution in [1.82, 2.24) is 0 Å². The van der Waals surface area contributed by atoms with Crippen molar-refractivity contribution in [2.45, 2.75) is 58.0 Å². The Kier molecular flexibility index (Phi) is 4.82. The molecule has 1 aromatic carbocycles. The molecule has 1 saturated carbocycles. The molecule has 0 unspecified atom stereocenters. The first-order chi connectivity index (χ1) is 8.74. The second-order valence-corrected chi connectivity index (χ2v) is 5.74. The van der Waals surface area contributed by atoms with Gasteiger partial charge in [0, 0.05) is 6.61 Å². The van der Waals surface area contributed by atoms with Gasteiger partial charge in [-0.15, -0.1) is 0 Å². The van der Waals surface area contributed by atoms with E-state index < -0.39 is 0 Å². The molecular weight excluding hydrogens is 220 g/mol. The van der Waals surface area contributed by atoms with E-state index in [1.165, 1.54) is 44.1 Å². The van der Waals surface area contributed by atoms with E-state index in [9.17, 15) is 0 Å². The van der Waals surface area contributed by atoms with Crippen molar-refractivity contribution in [3.63, 3.8) is 0 Å². The lowest BCUT2D eigenvalue weighted by Gasteiger charge is -2.35. The second kappa shape index (κ2) is 6.38. The van der Waals surface area contributed by atoms with Crippen molar-refractivity contribution in [3.05, 3.63) is 35.9 Å². The molecule has 1 atom stereocenters. The van der Waals surface area contributed by atoms with Crippen LogP contribution in [0.4, 0.5) is 0 Å². The molecule has 1 aromatic rings. The minimum atomic E-state index is -0.0992. The average Bonchev–Trinajstić information content (AvgIpc) is 2.41. The monoisotopic (exact) mass is 246 g/mol. The Hall–Kier alpha value is -0.820. The summed E-state index contributed by atoms with van der Waals surface area (Å²) >= 11 is 0. The molecule has 1 heteroatoms. The molecule has 0 N–H and O–H groups in total. The molecule has 0 aliphatic heterocycles. The van der Waals surface area contributed by atoms with Gasteiger partial charge in [-0.05, 0) is 31.7 Å². The number of ether oxygens (including phenoxy) is 1. The first kappa shape index (κ1) is 13.6. The first-order valence-corrected chi connectivity index (χ1v) is 7.44. The van der Waals surface area contributed by atoms with Crippen molar-refractivity contribution < 1.29 is 4.74 Å². The summed E-state index contributed by atoms with van der Waals surface area (Å²) in [6, 6.07) is 10.7. The van der Waals surface area contributed by atoms with Gasteiger partial charge in [0.2, 0.25) is 0 Å². The fourth-order valence-corrected chi connectivity index (χ4v) is 3.31. The zero-order chi connectivity index (χ0) is 12.8. The molecule has 0 amide bonds. The van der Waals surface area contributed by atoms with Crippen LogP contribution in [0.2, 0.25) is 0 Å². The maximum atomic E-state index is 6.12. The topological polar surface area (TPSA) is 9.23 Å². The van der Waals surface area contributed by atoms with Gasteiger partial charge in [-0.2, -0.15) is 0 Å². The molecule has 0 aromatic heterocycles. The molecular formula is C17H26O. The largest absolute Gasteiger partial charge is 0.371 e. The molecule has 0 heterocycles. The highest BCUT2D eigenvalue weighted by Crippen LogP contribution is 2.37. The Morgan fingerprint density at radius 3 is 2.39 bits per heavy atom. The molecule has 1 fully saturated rings. The highest BCUT2D eigenvalue weighted by molar-refractivity contribution is 5.22. The summed E-state index contributed by atoms with van der Waals surface area (Å²) in [6.07, 6.45) is 8.17. The summed E-state index contributed by atoms with van der Waals surface area (Å²) in [5.74, 6) is 0.843. The quantitative estimate of drug-likeness (QED) is 0.717. The number of benzene rings is 1. The predicted octanol–water partition coefficient (Wildman–Crippen LogP) is 4.91. The molecule has 100 valence electrons. The number of rotatable bonds is 5. The van der Waals surface area contributed by atoms with Gasteiger partial charge in [0.05, 0.1) is 5.60 Å². The van der Waals surface area contributed by atoms with E-state index in [1.807, 2.05) is 0 Å². The third-order valence-electron chi connectivity index (χ3n) is 4.25. The van der Waals surface area contributed by atoms with Gasteiger partial charge in [-0.3, -0.25) is 0 Å². The standard InChI is InChI=1S/C17H26O/c1-3-18-17(2,16-12-8-5-9-13-16)14-15-10-6-4-7-11-15/h5,8-9,12-13,15H,3-4,6-7,10-11,14H2,1-2H3/t17-/m0/s1. The van der Waals surface area contributed by atoms with E-state index in [0.29, 0.717) is 0 Å². The predicted molar refractivity (Wildman–Crippen MR) is 76.6 cm³/mol. The van der Waals surface area contributed by atoms with Gasteiger partial charge in [-0.25, -0.2) is 0 Å². The van der Waals surface area contributed by atoms with Crippen molar-refractivity contribution in [3.8, 4) is 0 Å². The van der Waals surface area contributed by atoms with Gasteiger partial charge in [0.25, 0.3) is 0 Å². The van der Waals surface area contributed by atoms with Gasteiger partial charge in [0.15, 0.2) is 0 Å². The van der Waals surface area contributed by atoms with E-state index >= 15 is 0 Å². The lowest BCUT2D eigenvalue weighted by atomic mass is 9.79. The molecule has 18 heavy (non-hydrogen) atoms. The first-order valence-electron chi connectivity index (χ1n) is 7.44. The van der Waals surface area contributed by atoms with Crippen molar-refractivity contribution in [2.75, 3.05) is 6.61 Å². The van der Waals surface area contributed by atoms with Crippen LogP contribution in [0, 0.1) is 5.92 Å². The SMILES string of the molecule is CCO[C@@](C)(CC1CCCCC1)c1ccccc1. The van der Waals surface area contributed by atoms with Crippen LogP contribution in [0.1, 0.15) is 57.9 Å². The van der Waals surface area contributed by atoms with Crippen LogP contribution in [0.25, 0.3) is 0 Å². The Labute approximate surface area is 112 Å². The van der Waals surface area contributed by atoms with E-state index in [1.54, 1.807) is 0 Å². The van der Waals surface area contributed by atoms with Gasteiger partial charge < -0.3 is 4.74 Å². The maximum absolute atomic E-state index is 6.12. The van der Waals surface area contributed by atoms with E-state index in [4.69, 9.17) is 4.74 Å². The zero-order valence-corrected chi connectivity index (χ0v) is 11.8. The van der Waals surface area contributed by atoms with Gasteiger partial charge in [0.1, 0.15) is 0 Å². The molecule has 1 aliphatic carbocycles. The fourth-order valence-electron chi connectivity index (χ4n) is 3.31. The Morgan fingerprint density at radius 2 is 1.78 bits per heavy atom. The summed E-state index contributed by atoms with van der Waals surface area (Å²) in [7, 11) is 0. The van der Waals surface area contributed by atoms with Crippen LogP contribution < -0.4 is 0 Å². The van der Waals surface area contributed by atoms with Crippen LogP contribution in [-0.2, 0) is 10.3 Å². The fraction of sp³-hybridized carbons (Fsp3) is 0.647. The third-order valence-corrected chi connectivity index (χ3v) is 4.25. The van der Waals surface area contributed by atoms with Gasteiger partial charge in [-0.1, -0.05) is 62.4 Å². The van der Waals surface area contributed by atoms with Crippen molar-refractivity contribution in [2.24, 2.45) is 5.92 Å². The van der Waals surface area contributed by atoms with Crippen LogP contribution in [0.3, 0.4) is 0 Å². The minimum Gasteiger partial charge on any atom is -0.371 e. The van der Waals surface area contributed by atoms with E-state index in [2.05, 4.69) is 44.2 Å². The summed E-state index contributed by atoms with van der Waals surface area (Å²) < 4.78 is 6.12. The molecule has 0 spiro atoms. The van der Waals surface area contributed by atoms with Crippen LogP contribution >= 0.6 is 0 Å². The van der Waals surface area contributed by atoms with Crippen molar-refractivity contribution >= 4 is 0 Å². The smallest absolute Gasteiger partial charge is 0.0905 e. The highest BCUT2D eigenvalue weighted by Gasteiger charge is 2.31. The lowest BCUT2D eigenvalue weighted by molar-refractivity contribution is -0.0502. The summed E-state index contributed by atoms with van der Waals surface area (Å²) in [6.45, 7) is 5.15.